The second kappa shape index (κ2) is 10.9. The van der Waals surface area contributed by atoms with E-state index in [1.165, 1.54) is 66.0 Å². The van der Waals surface area contributed by atoms with Crippen LogP contribution in [0.15, 0.2) is 182 Å². The highest BCUT2D eigenvalue weighted by molar-refractivity contribution is 6.26. The Labute approximate surface area is 311 Å². The number of benzene rings is 8. The van der Waals surface area contributed by atoms with Crippen molar-refractivity contribution in [2.45, 2.75) is 5.41 Å². The van der Waals surface area contributed by atoms with Gasteiger partial charge in [-0.2, -0.15) is 0 Å². The Hall–Kier alpha value is -7.17. The monoisotopic (exact) mass is 686 g/mol. The predicted molar refractivity (Wildman–Crippen MR) is 219 cm³/mol. The number of nitrogens with zero attached hydrogens (tertiary/aromatic N) is 4. The number of hydrogen-bond donors (Lipinski definition) is 0. The van der Waals surface area contributed by atoms with E-state index in [0.29, 0.717) is 17.5 Å². The molecule has 0 bridgehead atoms. The van der Waals surface area contributed by atoms with Crippen molar-refractivity contribution in [2.75, 3.05) is 0 Å². The van der Waals surface area contributed by atoms with Gasteiger partial charge in [-0.05, 0) is 80.6 Å². The molecule has 2 aliphatic carbocycles. The van der Waals surface area contributed by atoms with E-state index < -0.39 is 5.41 Å². The molecule has 4 nitrogen and oxygen atoms in total. The van der Waals surface area contributed by atoms with Gasteiger partial charge in [-0.1, -0.05) is 146 Å². The molecule has 0 radical (unpaired) electrons. The zero-order valence-corrected chi connectivity index (χ0v) is 29.1. The van der Waals surface area contributed by atoms with Gasteiger partial charge in [0.25, 0.3) is 0 Å². The lowest BCUT2D eigenvalue weighted by Crippen LogP contribution is -2.30. The van der Waals surface area contributed by atoms with Gasteiger partial charge in [0.15, 0.2) is 17.5 Å². The zero-order valence-electron chi connectivity index (χ0n) is 29.1. The van der Waals surface area contributed by atoms with E-state index in [0.717, 1.165) is 22.4 Å². The van der Waals surface area contributed by atoms with E-state index in [-0.39, 0.29) is 0 Å². The molecule has 0 fully saturated rings. The van der Waals surface area contributed by atoms with Crippen LogP contribution in [0.5, 0.6) is 0 Å². The molecule has 2 aliphatic rings. The minimum Gasteiger partial charge on any atom is -0.309 e. The van der Waals surface area contributed by atoms with Crippen LogP contribution in [0.3, 0.4) is 0 Å². The van der Waals surface area contributed by atoms with Crippen LogP contribution >= 0.6 is 0 Å². The molecule has 12 rings (SSSR count). The molecule has 10 aromatic rings. The van der Waals surface area contributed by atoms with Gasteiger partial charge in [0.2, 0.25) is 0 Å². The number of fused-ring (bicyclic) bond motifs is 7. The maximum atomic E-state index is 4.99. The summed E-state index contributed by atoms with van der Waals surface area (Å²) in [5.74, 6) is 1.96. The molecule has 2 aromatic heterocycles. The number of hydrogen-bond acceptors (Lipinski definition) is 3. The molecule has 1 spiro atoms. The van der Waals surface area contributed by atoms with E-state index in [1.54, 1.807) is 0 Å². The number of aromatic nitrogens is 4. The van der Waals surface area contributed by atoms with Crippen LogP contribution in [0.25, 0.3) is 83.6 Å². The fourth-order valence-corrected chi connectivity index (χ4v) is 9.49. The van der Waals surface area contributed by atoms with E-state index in [1.807, 2.05) is 60.7 Å². The van der Waals surface area contributed by atoms with Gasteiger partial charge in [0.1, 0.15) is 0 Å². The minimum atomic E-state index is -0.421. The van der Waals surface area contributed by atoms with Gasteiger partial charge < -0.3 is 4.57 Å². The Bertz CT molecular complexity index is 3040. The van der Waals surface area contributed by atoms with Crippen molar-refractivity contribution >= 4 is 32.6 Å². The molecule has 0 aliphatic heterocycles. The third-order valence-corrected chi connectivity index (χ3v) is 11.6. The second-order valence-corrected chi connectivity index (χ2v) is 14.3. The van der Waals surface area contributed by atoms with E-state index in [2.05, 4.69) is 126 Å². The third kappa shape index (κ3) is 3.84. The zero-order chi connectivity index (χ0) is 35.4. The highest BCUT2D eigenvalue weighted by Gasteiger charge is 2.49. The van der Waals surface area contributed by atoms with Crippen molar-refractivity contribution in [2.24, 2.45) is 0 Å². The fraction of sp³-hybridized carbons (Fsp3) is 0.0200. The van der Waals surface area contributed by atoms with Crippen molar-refractivity contribution < 1.29 is 0 Å². The Kier molecular flexibility index (Phi) is 5.95. The Morgan fingerprint density at radius 3 is 1.43 bits per heavy atom. The molecule has 0 amide bonds. The Balaban J connectivity index is 1.09. The van der Waals surface area contributed by atoms with Gasteiger partial charge in [0, 0.05) is 33.2 Å². The van der Waals surface area contributed by atoms with Crippen molar-refractivity contribution in [1.82, 2.24) is 19.5 Å². The summed E-state index contributed by atoms with van der Waals surface area (Å²) in [7, 11) is 0. The van der Waals surface area contributed by atoms with Crippen molar-refractivity contribution in [3.63, 3.8) is 0 Å². The maximum Gasteiger partial charge on any atom is 0.164 e. The summed E-state index contributed by atoms with van der Waals surface area (Å²) >= 11 is 0. The molecule has 54 heavy (non-hydrogen) atoms. The average molecular weight is 687 g/mol. The summed E-state index contributed by atoms with van der Waals surface area (Å²) in [4.78, 5) is 14.9. The van der Waals surface area contributed by atoms with Crippen LogP contribution in [-0.2, 0) is 5.41 Å². The van der Waals surface area contributed by atoms with Crippen molar-refractivity contribution in [3.8, 4) is 51.0 Å². The van der Waals surface area contributed by atoms with Crippen LogP contribution in [0, 0.1) is 0 Å². The van der Waals surface area contributed by atoms with E-state index in [4.69, 9.17) is 15.0 Å². The summed E-state index contributed by atoms with van der Waals surface area (Å²) in [6.45, 7) is 0. The molecule has 0 unspecified atom stereocenters. The van der Waals surface area contributed by atoms with Crippen LogP contribution in [-0.4, -0.2) is 19.5 Å². The van der Waals surface area contributed by atoms with E-state index >= 15 is 0 Å². The quantitative estimate of drug-likeness (QED) is 0.185. The Morgan fingerprint density at radius 1 is 0.333 bits per heavy atom. The van der Waals surface area contributed by atoms with E-state index in [9.17, 15) is 0 Å². The molecule has 0 atom stereocenters. The summed E-state index contributed by atoms with van der Waals surface area (Å²) in [5.41, 5.74) is 14.0. The van der Waals surface area contributed by atoms with Gasteiger partial charge in [-0.15, -0.1) is 0 Å². The fourth-order valence-electron chi connectivity index (χ4n) is 9.49. The third-order valence-electron chi connectivity index (χ3n) is 11.6. The maximum absolute atomic E-state index is 4.99. The molecule has 4 heteroatoms. The predicted octanol–water partition coefficient (Wildman–Crippen LogP) is 11.8. The first kappa shape index (κ1) is 29.4. The lowest BCUT2D eigenvalue weighted by molar-refractivity contribution is 0.783. The standard InChI is InChI=1S/C50H30N4/c1-3-13-32(14-4-1)47-51-48(33-15-5-2-6-16-33)53-49(52-47)34-25-28-35(29-26-34)54-42-24-12-23-41-45(42)46-43(54)30-27-31-17-11-22-40(44(31)46)50(41)38-20-9-7-18-36(38)37-19-8-10-21-39(37)50/h1-30H. The van der Waals surface area contributed by atoms with Crippen LogP contribution in [0.2, 0.25) is 0 Å². The van der Waals surface area contributed by atoms with Gasteiger partial charge in [0.05, 0.1) is 16.4 Å². The van der Waals surface area contributed by atoms with Crippen LogP contribution in [0.4, 0.5) is 0 Å². The summed E-state index contributed by atoms with van der Waals surface area (Å²) < 4.78 is 2.44. The summed E-state index contributed by atoms with van der Waals surface area (Å²) in [6.07, 6.45) is 0. The molecule has 0 N–H and O–H groups in total. The normalized spacial score (nSPS) is 13.3. The Morgan fingerprint density at radius 2 is 0.815 bits per heavy atom. The largest absolute Gasteiger partial charge is 0.309 e. The minimum absolute atomic E-state index is 0.421. The van der Waals surface area contributed by atoms with Gasteiger partial charge in [-0.3, -0.25) is 0 Å². The second-order valence-electron chi connectivity index (χ2n) is 14.3. The van der Waals surface area contributed by atoms with Crippen molar-refractivity contribution in [1.29, 1.82) is 0 Å². The summed E-state index contributed by atoms with van der Waals surface area (Å²) in [5, 5.41) is 5.25. The molecule has 8 aromatic carbocycles. The smallest absolute Gasteiger partial charge is 0.164 e. The van der Waals surface area contributed by atoms with Gasteiger partial charge >= 0.3 is 0 Å². The molecule has 0 saturated carbocycles. The molecular formula is C50H30N4. The highest BCUT2D eigenvalue weighted by atomic mass is 15.0. The average Bonchev–Trinajstić information content (AvgIpc) is 3.75. The number of rotatable bonds is 4. The first-order chi connectivity index (χ1) is 26.8. The highest BCUT2D eigenvalue weighted by Crippen LogP contribution is 2.62. The first-order valence-corrected chi connectivity index (χ1v) is 18.5. The van der Waals surface area contributed by atoms with Gasteiger partial charge in [-0.25, -0.2) is 15.0 Å². The first-order valence-electron chi connectivity index (χ1n) is 18.5. The lowest BCUT2D eigenvalue weighted by Gasteiger charge is -2.37. The van der Waals surface area contributed by atoms with Crippen LogP contribution < -0.4 is 0 Å². The molecule has 2 heterocycles. The van der Waals surface area contributed by atoms with Crippen molar-refractivity contribution in [3.05, 3.63) is 204 Å². The molecule has 250 valence electrons. The summed E-state index contributed by atoms with van der Waals surface area (Å²) in [6, 6.07) is 65.4. The molecule has 0 saturated heterocycles. The topological polar surface area (TPSA) is 43.6 Å². The SMILES string of the molecule is c1ccc(-c2nc(-c3ccccc3)nc(-c3ccc(-n4c5cccc6c5c5c7c(cccc7ccc54)C64c5ccccc5-c5ccccc54)cc3)n2)cc1. The van der Waals surface area contributed by atoms with Crippen LogP contribution in [0.1, 0.15) is 22.3 Å². The molecular weight excluding hydrogens is 657 g/mol. The lowest BCUT2D eigenvalue weighted by atomic mass is 9.63.